The van der Waals surface area contributed by atoms with Gasteiger partial charge >= 0.3 is 0 Å². The highest BCUT2D eigenvalue weighted by Crippen LogP contribution is 2.25. The van der Waals surface area contributed by atoms with Crippen molar-refractivity contribution in [2.24, 2.45) is 0 Å². The summed E-state index contributed by atoms with van der Waals surface area (Å²) in [6.45, 7) is 8.80. The highest BCUT2D eigenvalue weighted by Gasteiger charge is 2.25. The van der Waals surface area contributed by atoms with Gasteiger partial charge in [-0.1, -0.05) is 18.9 Å². The van der Waals surface area contributed by atoms with Crippen LogP contribution in [0.25, 0.3) is 0 Å². The highest BCUT2D eigenvalue weighted by atomic mass is 32.2. The smallest absolute Gasteiger partial charge is 0.265 e. The first-order chi connectivity index (χ1) is 14.7. The second-order valence-corrected chi connectivity index (χ2v) is 10.2. The number of nitrogens with one attached hydrogen (secondary N) is 1. The van der Waals surface area contributed by atoms with Crippen molar-refractivity contribution in [2.75, 3.05) is 18.4 Å². The molecule has 0 bridgehead atoms. The van der Waals surface area contributed by atoms with Gasteiger partial charge in [0, 0.05) is 18.8 Å². The molecule has 168 valence electrons. The monoisotopic (exact) mass is 444 g/mol. The van der Waals surface area contributed by atoms with Crippen molar-refractivity contribution in [1.82, 2.24) is 4.31 Å². The Morgan fingerprint density at radius 2 is 1.61 bits per heavy atom. The van der Waals surface area contributed by atoms with Crippen LogP contribution in [0.4, 0.5) is 5.69 Å². The van der Waals surface area contributed by atoms with Gasteiger partial charge in [-0.05, 0) is 87.6 Å². The molecule has 1 aliphatic heterocycles. The van der Waals surface area contributed by atoms with Gasteiger partial charge in [0.25, 0.3) is 5.91 Å². The number of sulfonamides is 1. The number of carbonyl (C=O) groups excluding carboxylic acids is 1. The third kappa shape index (κ3) is 5.66. The first kappa shape index (κ1) is 23.3. The fourth-order valence-electron chi connectivity index (χ4n) is 3.75. The molecule has 7 heteroatoms. The molecule has 1 saturated heterocycles. The number of rotatable bonds is 6. The van der Waals surface area contributed by atoms with E-state index in [1.165, 1.54) is 0 Å². The van der Waals surface area contributed by atoms with Crippen LogP contribution in [0.5, 0.6) is 5.75 Å². The summed E-state index contributed by atoms with van der Waals surface area (Å²) >= 11 is 0. The van der Waals surface area contributed by atoms with Gasteiger partial charge in [-0.15, -0.1) is 0 Å². The van der Waals surface area contributed by atoms with Crippen LogP contribution >= 0.6 is 0 Å². The number of nitrogens with zero attached hydrogens (tertiary/aromatic N) is 1. The third-order valence-corrected chi connectivity index (χ3v) is 7.67. The maximum absolute atomic E-state index is 12.9. The second-order valence-electron chi connectivity index (χ2n) is 8.30. The molecule has 1 unspecified atom stereocenters. The van der Waals surface area contributed by atoms with E-state index >= 15 is 0 Å². The maximum atomic E-state index is 12.9. The molecule has 0 aromatic heterocycles. The topological polar surface area (TPSA) is 75.7 Å². The largest absolute Gasteiger partial charge is 0.481 e. The minimum absolute atomic E-state index is 0.252. The molecule has 1 aliphatic rings. The van der Waals surface area contributed by atoms with Crippen LogP contribution in [-0.4, -0.2) is 37.8 Å². The number of anilines is 1. The molecule has 2 aromatic carbocycles. The van der Waals surface area contributed by atoms with Crippen molar-refractivity contribution >= 4 is 21.6 Å². The highest BCUT2D eigenvalue weighted by molar-refractivity contribution is 7.89. The summed E-state index contributed by atoms with van der Waals surface area (Å²) < 4.78 is 33.2. The molecule has 0 saturated carbocycles. The summed E-state index contributed by atoms with van der Waals surface area (Å²) in [6, 6.07) is 10.3. The van der Waals surface area contributed by atoms with Crippen molar-refractivity contribution in [2.45, 2.75) is 64.4 Å². The van der Waals surface area contributed by atoms with Crippen molar-refractivity contribution in [3.8, 4) is 5.75 Å². The Morgan fingerprint density at radius 1 is 1.00 bits per heavy atom. The summed E-state index contributed by atoms with van der Waals surface area (Å²) in [5, 5.41) is 2.81. The molecule has 0 radical (unpaired) electrons. The number of hydrogen-bond donors (Lipinski definition) is 1. The van der Waals surface area contributed by atoms with E-state index in [-0.39, 0.29) is 10.8 Å². The Morgan fingerprint density at radius 3 is 2.23 bits per heavy atom. The van der Waals surface area contributed by atoms with Gasteiger partial charge in [-0.25, -0.2) is 8.42 Å². The zero-order valence-electron chi connectivity index (χ0n) is 18.8. The molecule has 1 atom stereocenters. The Kier molecular flexibility index (Phi) is 7.38. The lowest BCUT2D eigenvalue weighted by Gasteiger charge is -2.20. The minimum Gasteiger partial charge on any atom is -0.481 e. The molecular weight excluding hydrogens is 412 g/mol. The molecule has 3 rings (SSSR count). The quantitative estimate of drug-likeness (QED) is 0.707. The van der Waals surface area contributed by atoms with Crippen molar-refractivity contribution < 1.29 is 17.9 Å². The zero-order valence-corrected chi connectivity index (χ0v) is 19.6. The van der Waals surface area contributed by atoms with Crippen LogP contribution in [-0.2, 0) is 14.8 Å². The van der Waals surface area contributed by atoms with Gasteiger partial charge in [0.1, 0.15) is 5.75 Å². The molecule has 0 spiro atoms. The molecular formula is C24H32N2O4S. The maximum Gasteiger partial charge on any atom is 0.265 e. The molecule has 31 heavy (non-hydrogen) atoms. The van der Waals surface area contributed by atoms with Crippen LogP contribution in [0.15, 0.2) is 41.3 Å². The fourth-order valence-corrected chi connectivity index (χ4v) is 5.27. The molecule has 1 fully saturated rings. The van der Waals surface area contributed by atoms with E-state index in [9.17, 15) is 13.2 Å². The molecule has 1 heterocycles. The predicted octanol–water partition coefficient (Wildman–Crippen LogP) is 4.58. The van der Waals surface area contributed by atoms with Crippen LogP contribution in [0, 0.1) is 20.8 Å². The van der Waals surface area contributed by atoms with E-state index in [0.29, 0.717) is 24.5 Å². The summed E-state index contributed by atoms with van der Waals surface area (Å²) in [4.78, 5) is 12.9. The molecule has 0 aliphatic carbocycles. The predicted molar refractivity (Wildman–Crippen MR) is 123 cm³/mol. The average molecular weight is 445 g/mol. The Hall–Kier alpha value is -2.38. The zero-order chi connectivity index (χ0) is 22.6. The molecule has 6 nitrogen and oxygen atoms in total. The number of amides is 1. The van der Waals surface area contributed by atoms with Crippen LogP contribution < -0.4 is 10.1 Å². The number of carbonyl (C=O) groups is 1. The van der Waals surface area contributed by atoms with Crippen molar-refractivity contribution in [3.63, 3.8) is 0 Å². The molecule has 1 amide bonds. The van der Waals surface area contributed by atoms with E-state index in [4.69, 9.17) is 4.74 Å². The summed E-state index contributed by atoms with van der Waals surface area (Å²) in [5.41, 5.74) is 3.73. The first-order valence-corrected chi connectivity index (χ1v) is 12.3. The third-order valence-electron chi connectivity index (χ3n) is 5.76. The van der Waals surface area contributed by atoms with Crippen LogP contribution in [0.2, 0.25) is 0 Å². The minimum atomic E-state index is -3.50. The summed E-state index contributed by atoms with van der Waals surface area (Å²) in [7, 11) is -3.50. The number of benzene rings is 2. The van der Waals surface area contributed by atoms with E-state index in [1.807, 2.05) is 26.8 Å². The lowest BCUT2D eigenvalue weighted by atomic mass is 10.1. The summed E-state index contributed by atoms with van der Waals surface area (Å²) in [5.74, 6) is 0.403. The lowest BCUT2D eigenvalue weighted by Crippen LogP contribution is -2.32. The number of aryl methyl sites for hydroxylation is 2. The normalized spacial score (nSPS) is 16.4. The Balaban J connectivity index is 1.66. The standard InChI is InChI=1S/C24H32N2O4S/c1-17-15-18(2)19(3)23(16-17)30-20(4)24(27)25-21-9-11-22(12-10-21)31(28,29)26-13-7-5-6-8-14-26/h9-12,15-16,20H,5-8,13-14H2,1-4H3,(H,25,27). The van der Waals surface area contributed by atoms with Gasteiger partial charge in [0.2, 0.25) is 10.0 Å². The van der Waals surface area contributed by atoms with E-state index in [0.717, 1.165) is 42.4 Å². The lowest BCUT2D eigenvalue weighted by molar-refractivity contribution is -0.122. The Labute approximate surface area is 185 Å². The number of ether oxygens (including phenoxy) is 1. The van der Waals surface area contributed by atoms with Crippen molar-refractivity contribution in [1.29, 1.82) is 0 Å². The van der Waals surface area contributed by atoms with Gasteiger partial charge in [0.15, 0.2) is 6.10 Å². The van der Waals surface area contributed by atoms with Gasteiger partial charge in [-0.2, -0.15) is 4.31 Å². The van der Waals surface area contributed by atoms with E-state index < -0.39 is 16.1 Å². The van der Waals surface area contributed by atoms with Gasteiger partial charge in [0.05, 0.1) is 4.90 Å². The SMILES string of the molecule is Cc1cc(C)c(C)c(OC(C)C(=O)Nc2ccc(S(=O)(=O)N3CCCCCC3)cc2)c1. The number of hydrogen-bond acceptors (Lipinski definition) is 4. The molecule has 2 aromatic rings. The van der Waals surface area contributed by atoms with Crippen LogP contribution in [0.3, 0.4) is 0 Å². The second kappa shape index (κ2) is 9.83. The van der Waals surface area contributed by atoms with Gasteiger partial charge < -0.3 is 10.1 Å². The average Bonchev–Trinajstić information content (AvgIpc) is 3.02. The fraction of sp³-hybridized carbons (Fsp3) is 0.458. The van der Waals surface area contributed by atoms with Crippen molar-refractivity contribution in [3.05, 3.63) is 53.1 Å². The summed E-state index contributed by atoms with van der Waals surface area (Å²) in [6.07, 6.45) is 3.23. The Bertz CT molecular complexity index is 1020. The molecule has 1 N–H and O–H groups in total. The first-order valence-electron chi connectivity index (χ1n) is 10.8. The van der Waals surface area contributed by atoms with E-state index in [2.05, 4.69) is 11.4 Å². The van der Waals surface area contributed by atoms with E-state index in [1.54, 1.807) is 35.5 Å². The van der Waals surface area contributed by atoms with Gasteiger partial charge in [-0.3, -0.25) is 4.79 Å². The van der Waals surface area contributed by atoms with Crippen LogP contribution in [0.1, 0.15) is 49.3 Å².